The summed E-state index contributed by atoms with van der Waals surface area (Å²) in [6.45, 7) is 0.754. The smallest absolute Gasteiger partial charge is 0.271 e. The van der Waals surface area contributed by atoms with Gasteiger partial charge in [0.2, 0.25) is 0 Å². The summed E-state index contributed by atoms with van der Waals surface area (Å²) >= 11 is 5.94. The fraction of sp³-hybridized carbons (Fsp3) is 0.667. The van der Waals surface area contributed by atoms with Gasteiger partial charge in [0.25, 0.3) is 5.91 Å². The highest BCUT2D eigenvalue weighted by atomic mass is 35.5. The van der Waals surface area contributed by atoms with Crippen LogP contribution in [0.5, 0.6) is 0 Å². The molecule has 7 nitrogen and oxygen atoms in total. The molecule has 1 amide bonds. The van der Waals surface area contributed by atoms with Crippen LogP contribution in [0, 0.1) is 5.92 Å². The number of carbonyl (C=O) groups excluding carboxylic acids is 1. The number of nitrogens with zero attached hydrogens (tertiary/aromatic N) is 2. The molecule has 0 spiro atoms. The van der Waals surface area contributed by atoms with E-state index >= 15 is 0 Å². The normalized spacial score (nSPS) is 32.0. The monoisotopic (exact) mass is 299 g/mol. The first-order valence-electron chi connectivity index (χ1n) is 6.59. The van der Waals surface area contributed by atoms with Gasteiger partial charge in [-0.15, -0.1) is 0 Å². The SMILES string of the molecule is CN(C)[C@H]1[C@H](NC(=O)c2[nH]nc(N)c2Cl)[C@@H]2CCO[C@@H]21. The van der Waals surface area contributed by atoms with Gasteiger partial charge in [0.1, 0.15) is 10.7 Å². The number of hydrogen-bond donors (Lipinski definition) is 3. The van der Waals surface area contributed by atoms with E-state index in [0.717, 1.165) is 13.0 Å². The summed E-state index contributed by atoms with van der Waals surface area (Å²) in [4.78, 5) is 14.3. The Morgan fingerprint density at radius 3 is 2.95 bits per heavy atom. The molecule has 0 unspecified atom stereocenters. The molecule has 110 valence electrons. The van der Waals surface area contributed by atoms with E-state index in [-0.39, 0.29) is 40.6 Å². The zero-order chi connectivity index (χ0) is 14.4. The molecular weight excluding hydrogens is 282 g/mol. The van der Waals surface area contributed by atoms with E-state index in [4.69, 9.17) is 22.1 Å². The van der Waals surface area contributed by atoms with Crippen molar-refractivity contribution < 1.29 is 9.53 Å². The lowest BCUT2D eigenvalue weighted by Gasteiger charge is -2.50. The second kappa shape index (κ2) is 4.91. The number of amides is 1. The number of rotatable bonds is 3. The van der Waals surface area contributed by atoms with Crippen molar-refractivity contribution in [1.29, 1.82) is 0 Å². The van der Waals surface area contributed by atoms with Crippen molar-refractivity contribution in [3.63, 3.8) is 0 Å². The zero-order valence-electron chi connectivity index (χ0n) is 11.4. The second-order valence-electron chi connectivity index (χ2n) is 5.54. The average molecular weight is 300 g/mol. The fourth-order valence-corrected chi connectivity index (χ4v) is 3.37. The molecule has 0 aromatic carbocycles. The van der Waals surface area contributed by atoms with E-state index in [1.165, 1.54) is 0 Å². The van der Waals surface area contributed by atoms with Gasteiger partial charge in [-0.1, -0.05) is 11.6 Å². The third kappa shape index (κ3) is 1.97. The number of ether oxygens (including phenoxy) is 1. The molecule has 3 rings (SSSR count). The van der Waals surface area contributed by atoms with Crippen molar-refractivity contribution >= 4 is 23.3 Å². The van der Waals surface area contributed by atoms with Crippen LogP contribution in [0.4, 0.5) is 5.82 Å². The van der Waals surface area contributed by atoms with Crippen LogP contribution in [0.2, 0.25) is 5.02 Å². The standard InChI is InChI=1S/C12H18ClN5O2/c1-18(2)9-7(5-3-4-20-10(5)9)15-12(19)8-6(13)11(14)17-16-8/h5,7,9-10H,3-4H2,1-2H3,(H,15,19)(H3,14,16,17)/t5-,7+,9-,10-/m0/s1. The highest BCUT2D eigenvalue weighted by Crippen LogP contribution is 2.41. The molecule has 2 aliphatic rings. The Balaban J connectivity index is 1.74. The van der Waals surface area contributed by atoms with Gasteiger partial charge >= 0.3 is 0 Å². The maximum absolute atomic E-state index is 12.3. The number of aromatic nitrogens is 2. The Labute approximate surface area is 121 Å². The number of carbonyl (C=O) groups is 1. The van der Waals surface area contributed by atoms with E-state index in [2.05, 4.69) is 20.4 Å². The Bertz CT molecular complexity index is 532. The van der Waals surface area contributed by atoms with Crippen LogP contribution in [0.25, 0.3) is 0 Å². The minimum atomic E-state index is -0.276. The highest BCUT2D eigenvalue weighted by molar-refractivity contribution is 6.35. The topological polar surface area (TPSA) is 96.3 Å². The fourth-order valence-electron chi connectivity index (χ4n) is 3.20. The third-order valence-electron chi connectivity index (χ3n) is 4.20. The molecular formula is C12H18ClN5O2. The van der Waals surface area contributed by atoms with Gasteiger partial charge in [-0.3, -0.25) is 9.89 Å². The number of hydrogen-bond acceptors (Lipinski definition) is 5. The molecule has 8 heteroatoms. The maximum atomic E-state index is 12.3. The van der Waals surface area contributed by atoms with Crippen molar-refractivity contribution in [2.75, 3.05) is 26.4 Å². The van der Waals surface area contributed by atoms with Crippen LogP contribution >= 0.6 is 11.6 Å². The van der Waals surface area contributed by atoms with Crippen molar-refractivity contribution in [3.8, 4) is 0 Å². The highest BCUT2D eigenvalue weighted by Gasteiger charge is 2.55. The minimum absolute atomic E-state index is 0.0607. The van der Waals surface area contributed by atoms with Gasteiger partial charge < -0.3 is 20.7 Å². The summed E-state index contributed by atoms with van der Waals surface area (Å²) in [7, 11) is 3.98. The molecule has 1 aromatic rings. The minimum Gasteiger partial charge on any atom is -0.381 e. The van der Waals surface area contributed by atoms with Gasteiger partial charge in [0, 0.05) is 12.5 Å². The van der Waals surface area contributed by atoms with Gasteiger partial charge in [-0.05, 0) is 20.5 Å². The summed E-state index contributed by atoms with van der Waals surface area (Å²) in [5.41, 5.74) is 5.75. The van der Waals surface area contributed by atoms with E-state index in [9.17, 15) is 4.79 Å². The lowest BCUT2D eigenvalue weighted by atomic mass is 9.71. The molecule has 2 heterocycles. The van der Waals surface area contributed by atoms with Crippen molar-refractivity contribution in [2.45, 2.75) is 24.6 Å². The molecule has 2 fully saturated rings. The molecule has 0 bridgehead atoms. The maximum Gasteiger partial charge on any atom is 0.271 e. The molecule has 20 heavy (non-hydrogen) atoms. The number of anilines is 1. The van der Waals surface area contributed by atoms with Gasteiger partial charge in [0.05, 0.1) is 18.2 Å². The largest absolute Gasteiger partial charge is 0.381 e. The van der Waals surface area contributed by atoms with Crippen molar-refractivity contribution in [2.24, 2.45) is 5.92 Å². The molecule has 1 aliphatic carbocycles. The number of nitrogens with one attached hydrogen (secondary N) is 2. The number of halogens is 1. The number of aromatic amines is 1. The van der Waals surface area contributed by atoms with Crippen LogP contribution in [-0.4, -0.2) is 59.9 Å². The third-order valence-corrected chi connectivity index (χ3v) is 4.59. The first-order valence-corrected chi connectivity index (χ1v) is 6.96. The predicted molar refractivity (Wildman–Crippen MR) is 74.6 cm³/mol. The summed E-state index contributed by atoms with van der Waals surface area (Å²) < 4.78 is 5.71. The number of nitrogens with two attached hydrogens (primary N) is 1. The summed E-state index contributed by atoms with van der Waals surface area (Å²) in [6, 6.07) is 0.246. The van der Waals surface area contributed by atoms with Gasteiger partial charge in [-0.2, -0.15) is 5.10 Å². The molecule has 1 aromatic heterocycles. The predicted octanol–water partition coefficient (Wildman–Crippen LogP) is 0.0926. The zero-order valence-corrected chi connectivity index (χ0v) is 12.1. The molecule has 4 N–H and O–H groups in total. The Morgan fingerprint density at radius 2 is 2.35 bits per heavy atom. The molecule has 1 aliphatic heterocycles. The molecule has 4 atom stereocenters. The number of nitrogen functional groups attached to an aromatic ring is 1. The number of fused-ring (bicyclic) bond motifs is 1. The van der Waals surface area contributed by atoms with Crippen LogP contribution in [0.1, 0.15) is 16.9 Å². The molecule has 0 radical (unpaired) electrons. The molecule has 1 saturated heterocycles. The van der Waals surface area contributed by atoms with Crippen LogP contribution in [0.3, 0.4) is 0 Å². The van der Waals surface area contributed by atoms with Crippen LogP contribution < -0.4 is 11.1 Å². The summed E-state index contributed by atoms with van der Waals surface area (Å²) in [6.07, 6.45) is 1.18. The lowest BCUT2D eigenvalue weighted by molar-refractivity contribution is -0.0664. The summed E-state index contributed by atoms with van der Waals surface area (Å²) in [5.74, 6) is 0.225. The van der Waals surface area contributed by atoms with Gasteiger partial charge in [-0.25, -0.2) is 0 Å². The quantitative estimate of drug-likeness (QED) is 0.735. The van der Waals surface area contributed by atoms with E-state index in [1.54, 1.807) is 0 Å². The Morgan fingerprint density at radius 1 is 1.60 bits per heavy atom. The molecule has 1 saturated carbocycles. The number of likely N-dealkylation sites (N-methyl/N-ethyl adjacent to an activating group) is 1. The number of H-pyrrole nitrogens is 1. The van der Waals surface area contributed by atoms with E-state index in [1.807, 2.05) is 14.1 Å². The first kappa shape index (κ1) is 13.7. The Hall–Kier alpha value is -1.31. The van der Waals surface area contributed by atoms with Crippen LogP contribution in [0.15, 0.2) is 0 Å². The first-order chi connectivity index (χ1) is 9.50. The summed E-state index contributed by atoms with van der Waals surface area (Å²) in [5, 5.41) is 9.49. The van der Waals surface area contributed by atoms with Crippen LogP contribution in [-0.2, 0) is 4.74 Å². The van der Waals surface area contributed by atoms with E-state index < -0.39 is 0 Å². The van der Waals surface area contributed by atoms with E-state index in [0.29, 0.717) is 5.92 Å². The van der Waals surface area contributed by atoms with Gasteiger partial charge in [0.15, 0.2) is 5.82 Å². The average Bonchev–Trinajstić information content (AvgIpc) is 2.92. The Kier molecular flexibility index (Phi) is 3.35. The lowest BCUT2D eigenvalue weighted by Crippen LogP contribution is -2.69. The van der Waals surface area contributed by atoms with Crippen molar-refractivity contribution in [3.05, 3.63) is 10.7 Å². The van der Waals surface area contributed by atoms with Crippen molar-refractivity contribution in [1.82, 2.24) is 20.4 Å². The second-order valence-corrected chi connectivity index (χ2v) is 5.92.